The summed E-state index contributed by atoms with van der Waals surface area (Å²) in [6, 6.07) is 38.4. The van der Waals surface area contributed by atoms with Crippen LogP contribution in [-0.4, -0.2) is 187 Å². The molecule has 5 aromatic carbocycles. The number of hydrogen-bond acceptors (Lipinski definition) is 25. The molecule has 0 saturated carbocycles. The fraction of sp³-hybridized carbons (Fsp3) is 0.267. The molecule has 0 spiro atoms. The van der Waals surface area contributed by atoms with Crippen molar-refractivity contribution in [2.24, 2.45) is 0 Å². The zero-order valence-corrected chi connectivity index (χ0v) is 65.9. The molecule has 2 aliphatic heterocycles. The second kappa shape index (κ2) is 45.3. The summed E-state index contributed by atoms with van der Waals surface area (Å²) in [6.07, 6.45) is 6.74. The number of aromatic amines is 2. The first-order valence-corrected chi connectivity index (χ1v) is 36.8. The highest BCUT2D eigenvalue weighted by atomic mass is 35.5. The number of carbonyl (C=O) groups is 5. The van der Waals surface area contributed by atoms with Crippen LogP contribution in [0, 0.1) is 0 Å². The molecule has 582 valence electrons. The van der Waals surface area contributed by atoms with E-state index in [4.69, 9.17) is 120 Å². The van der Waals surface area contributed by atoms with Crippen LogP contribution in [0.15, 0.2) is 168 Å². The molecule has 36 heteroatoms. The summed E-state index contributed by atoms with van der Waals surface area (Å²) in [7, 11) is -1.48. The fourth-order valence-electron chi connectivity index (χ4n) is 9.95. The van der Waals surface area contributed by atoms with Gasteiger partial charge in [-0.1, -0.05) is 161 Å². The number of nitrogens with one attached hydrogen (secondary N) is 2. The van der Waals surface area contributed by atoms with Gasteiger partial charge in [0.05, 0.1) is 75.5 Å². The van der Waals surface area contributed by atoms with Gasteiger partial charge in [-0.15, -0.1) is 0 Å². The molecule has 1 amide bonds. The number of hydrogen-bond donors (Lipinski definition) is 4. The van der Waals surface area contributed by atoms with Crippen LogP contribution in [0.4, 0.5) is 11.9 Å². The zero-order chi connectivity index (χ0) is 80.5. The molecule has 0 unspecified atom stereocenters. The van der Waals surface area contributed by atoms with E-state index >= 15 is 0 Å². The smallest absolute Gasteiger partial charge is 0.462 e. The Labute approximate surface area is 673 Å². The number of carbonyl (C=O) groups excluding carboxylic acids is 5. The molecular formula is C75H75BCl7N13O15. The highest BCUT2D eigenvalue weighted by molar-refractivity contribution is 6.62. The van der Waals surface area contributed by atoms with Gasteiger partial charge >= 0.3 is 36.7 Å². The van der Waals surface area contributed by atoms with Gasteiger partial charge in [0.15, 0.2) is 0 Å². The van der Waals surface area contributed by atoms with Crippen LogP contribution in [-0.2, 0) is 35.0 Å². The summed E-state index contributed by atoms with van der Waals surface area (Å²) in [5, 5.41) is 19.3. The van der Waals surface area contributed by atoms with E-state index in [1.807, 2.05) is 101 Å². The van der Waals surface area contributed by atoms with E-state index < -0.39 is 42.2 Å². The quantitative estimate of drug-likeness (QED) is 0.0204. The molecule has 7 heterocycles. The minimum absolute atomic E-state index is 0.000668. The molecule has 10 aromatic rings. The number of nitrogens with zero attached hydrogens (tertiary/aromatic N) is 11. The minimum atomic E-state index is -1.48. The van der Waals surface area contributed by atoms with E-state index in [-0.39, 0.29) is 70.8 Å². The van der Waals surface area contributed by atoms with Crippen LogP contribution < -0.4 is 26.5 Å². The van der Waals surface area contributed by atoms with Crippen molar-refractivity contribution in [2.75, 3.05) is 88.8 Å². The van der Waals surface area contributed by atoms with Gasteiger partial charge in [-0.25, -0.2) is 63.8 Å². The lowest BCUT2D eigenvalue weighted by Gasteiger charge is -2.29. The lowest BCUT2D eigenvalue weighted by molar-refractivity contribution is 0.0514. The Balaban J connectivity index is 0.000000194. The third-order valence-corrected chi connectivity index (χ3v) is 17.3. The fourth-order valence-corrected chi connectivity index (χ4v) is 11.4. The van der Waals surface area contributed by atoms with Gasteiger partial charge in [0.25, 0.3) is 11.5 Å². The molecule has 0 aliphatic carbocycles. The van der Waals surface area contributed by atoms with Gasteiger partial charge < -0.3 is 58.2 Å². The lowest BCUT2D eigenvalue weighted by Crippen LogP contribution is -2.38. The number of aromatic nitrogens is 10. The van der Waals surface area contributed by atoms with Gasteiger partial charge in [-0.2, -0.15) is 0 Å². The topological polar surface area (TPSA) is 360 Å². The maximum atomic E-state index is 13.8. The number of halogens is 7. The van der Waals surface area contributed by atoms with Gasteiger partial charge in [-0.3, -0.25) is 14.6 Å². The summed E-state index contributed by atoms with van der Waals surface area (Å²) in [5.74, 6) is -1.24. The molecule has 0 radical (unpaired) electrons. The molecule has 0 atom stereocenters. The molecule has 2 aliphatic rings. The minimum Gasteiger partial charge on any atom is -0.462 e. The Morgan fingerprint density at radius 2 is 0.865 bits per heavy atom. The summed E-state index contributed by atoms with van der Waals surface area (Å²) in [4.78, 5) is 125. The molecule has 2 fully saturated rings. The van der Waals surface area contributed by atoms with Crippen molar-refractivity contribution in [3.63, 3.8) is 0 Å². The molecule has 4 N–H and O–H groups in total. The van der Waals surface area contributed by atoms with Gasteiger partial charge in [0.1, 0.15) is 27.4 Å². The predicted molar refractivity (Wildman–Crippen MR) is 425 cm³/mol. The zero-order valence-electron chi connectivity index (χ0n) is 60.6. The molecule has 2 saturated heterocycles. The van der Waals surface area contributed by atoms with Gasteiger partial charge in [-0.05, 0) is 94.6 Å². The summed E-state index contributed by atoms with van der Waals surface area (Å²) < 4.78 is 30.2. The van der Waals surface area contributed by atoms with Crippen molar-refractivity contribution in [3.05, 3.63) is 248 Å². The van der Waals surface area contributed by atoms with Crippen LogP contribution in [0.1, 0.15) is 98.9 Å². The van der Waals surface area contributed by atoms with Crippen molar-refractivity contribution >= 4 is 135 Å². The summed E-state index contributed by atoms with van der Waals surface area (Å²) in [6.45, 7) is 17.7. The lowest BCUT2D eigenvalue weighted by atomic mass is 9.80. The Morgan fingerprint density at radius 1 is 0.486 bits per heavy atom. The van der Waals surface area contributed by atoms with Gasteiger partial charge in [0, 0.05) is 112 Å². The number of anilines is 2. The van der Waals surface area contributed by atoms with E-state index in [0.717, 1.165) is 17.3 Å². The van der Waals surface area contributed by atoms with E-state index in [9.17, 15) is 33.6 Å². The van der Waals surface area contributed by atoms with Crippen LogP contribution in [0.2, 0.25) is 35.8 Å². The van der Waals surface area contributed by atoms with E-state index in [0.29, 0.717) is 136 Å². The van der Waals surface area contributed by atoms with Gasteiger partial charge in [0.2, 0.25) is 22.5 Å². The maximum absolute atomic E-state index is 13.8. The van der Waals surface area contributed by atoms with Crippen LogP contribution in [0.5, 0.6) is 0 Å². The molecule has 0 bridgehead atoms. The first-order chi connectivity index (χ1) is 53.4. The number of H-pyrrole nitrogens is 2. The first-order valence-electron chi connectivity index (χ1n) is 34.2. The van der Waals surface area contributed by atoms with Crippen molar-refractivity contribution in [1.29, 1.82) is 0 Å². The van der Waals surface area contributed by atoms with Crippen LogP contribution in [0.25, 0.3) is 33.8 Å². The Bertz CT molecular complexity index is 4890. The second-order valence-electron chi connectivity index (χ2n) is 23.0. The van der Waals surface area contributed by atoms with Crippen molar-refractivity contribution in [3.8, 4) is 33.8 Å². The largest absolute Gasteiger partial charge is 0.489 e. The van der Waals surface area contributed by atoms with Crippen molar-refractivity contribution in [1.82, 2.24) is 54.7 Å². The van der Waals surface area contributed by atoms with Crippen molar-refractivity contribution in [2.45, 2.75) is 54.1 Å². The molecular weight excluding hydrogens is 1580 g/mol. The highest BCUT2D eigenvalue weighted by Gasteiger charge is 2.28. The monoisotopic (exact) mass is 1650 g/mol. The van der Waals surface area contributed by atoms with Crippen LogP contribution >= 0.6 is 81.2 Å². The number of amides is 1. The average Bonchev–Trinajstić information content (AvgIpc) is 0.798. The predicted octanol–water partition coefficient (Wildman–Crippen LogP) is 12.3. The SMILES string of the molecule is CC(C)N(Cc1ccccc1)C(=O)c1cnc(N2CCOCC2)nc1-c1ccccc1Cl.CCOC(=O)c1c[nH]c(=O)[nH]c1=O.CCOC(=O)c1cnc(Cl)nc1-c1ccccc1Cl.CCOC(=O)c1cnc(Cl)nc1Cl.CCOC(=O)c1cnc(N2CCOCC2)nc1-c1ccccc1Cl.OB(O)c1ccccc1Cl. The van der Waals surface area contributed by atoms with E-state index in [2.05, 4.69) is 49.5 Å². The third kappa shape index (κ3) is 26.3. The number of rotatable bonds is 18. The maximum Gasteiger partial charge on any atom is 0.489 e. The van der Waals surface area contributed by atoms with E-state index in [1.165, 1.54) is 18.6 Å². The Kier molecular flexibility index (Phi) is 36.0. The van der Waals surface area contributed by atoms with Crippen molar-refractivity contribution < 1.29 is 62.4 Å². The average molecular weight is 1660 g/mol. The molecule has 5 aromatic heterocycles. The Hall–Kier alpha value is -10.0. The normalized spacial score (nSPS) is 12.0. The number of benzene rings is 5. The molecule has 111 heavy (non-hydrogen) atoms. The third-order valence-electron chi connectivity index (χ3n) is 15.3. The Morgan fingerprint density at radius 3 is 1.28 bits per heavy atom. The number of esters is 4. The standard InChI is InChI=1S/C25H27ClN4O2.C17H18ClN3O3.C13H10Cl2N2O2.C7H6Cl2N2O2.C7H8N2O4.C6H6BClO2/c1-18(2)30(17-19-8-4-3-5-9-19)24(31)21-16-27-25(29-12-14-32-15-13-29)28-23(21)20-10-6-7-11-22(20)26;1-2-24-16(22)13-11-19-17(21-7-9-23-10-8-21)20-15(13)12-5-3-4-6-14(12)18;1-2-19-12(18)9-7-16-13(15)17-11(9)8-5-3-4-6-10(8)14;1-2-13-6(12)4-3-10-7(9)11-5(4)8;1-2-13-6(11)4-3-8-7(12)9-5(4)10;8-6-4-2-1-3-5(6)7(9)10/h3-11,16,18H,12-15,17H2,1-2H3;3-6,11H,2,7-10H2,1H3;3-7H,2H2,1H3;3H,2H2,1H3;3H,2H2,1H3,(H2,8,9,10,12);1-4,9-10H. The first kappa shape index (κ1) is 88.2. The summed E-state index contributed by atoms with van der Waals surface area (Å²) in [5.41, 5.74) is 4.31. The number of morpholine rings is 2. The van der Waals surface area contributed by atoms with Crippen LogP contribution in [0.3, 0.4) is 0 Å². The summed E-state index contributed by atoms with van der Waals surface area (Å²) >= 11 is 41.4. The second-order valence-corrected chi connectivity index (χ2v) is 25.7. The van der Waals surface area contributed by atoms with E-state index in [1.54, 1.807) is 88.5 Å². The molecule has 12 rings (SSSR count). The molecule has 28 nitrogen and oxygen atoms in total. The highest BCUT2D eigenvalue weighted by Crippen LogP contribution is 2.34. The number of ether oxygens (including phenoxy) is 6.